The summed E-state index contributed by atoms with van der Waals surface area (Å²) in [6, 6.07) is 15.4. The number of carbonyl (C=O) groups is 2. The first kappa shape index (κ1) is 22.9. The van der Waals surface area contributed by atoms with Gasteiger partial charge in [0.2, 0.25) is 5.91 Å². The molecule has 2 N–H and O–H groups in total. The fourth-order valence-electron chi connectivity index (χ4n) is 3.41. The van der Waals surface area contributed by atoms with E-state index in [0.29, 0.717) is 15.7 Å². The van der Waals surface area contributed by atoms with E-state index in [4.69, 9.17) is 0 Å². The number of hydrogen-bond donors (Lipinski definition) is 2. The van der Waals surface area contributed by atoms with Gasteiger partial charge in [-0.05, 0) is 74.7 Å². The van der Waals surface area contributed by atoms with Gasteiger partial charge in [0.1, 0.15) is 5.03 Å². The lowest BCUT2D eigenvalue weighted by Gasteiger charge is -2.13. The van der Waals surface area contributed by atoms with Crippen molar-refractivity contribution in [2.75, 3.05) is 16.4 Å². The normalized spacial score (nSPS) is 10.9. The zero-order valence-corrected chi connectivity index (χ0v) is 20.5. The second kappa shape index (κ2) is 9.72. The van der Waals surface area contributed by atoms with E-state index in [2.05, 4.69) is 20.6 Å². The first-order valence-corrected chi connectivity index (χ1v) is 12.3. The molecule has 0 spiro atoms. The van der Waals surface area contributed by atoms with Gasteiger partial charge in [0.05, 0.1) is 21.5 Å². The first-order valence-electron chi connectivity index (χ1n) is 10.5. The van der Waals surface area contributed by atoms with Gasteiger partial charge < -0.3 is 10.6 Å². The van der Waals surface area contributed by atoms with E-state index in [1.807, 2.05) is 76.2 Å². The maximum atomic E-state index is 13.1. The molecular weight excluding hydrogens is 452 g/mol. The summed E-state index contributed by atoms with van der Waals surface area (Å²) in [6.45, 7) is 7.80. The molecule has 0 aliphatic carbocycles. The number of benzene rings is 2. The molecule has 4 rings (SSSR count). The number of nitrogens with zero attached hydrogens (tertiary/aromatic N) is 2. The molecule has 0 saturated heterocycles. The van der Waals surface area contributed by atoms with Gasteiger partial charge in [0.25, 0.3) is 5.91 Å². The molecule has 33 heavy (non-hydrogen) atoms. The number of thiazole rings is 1. The van der Waals surface area contributed by atoms with E-state index in [1.165, 1.54) is 23.1 Å². The van der Waals surface area contributed by atoms with Gasteiger partial charge in [-0.1, -0.05) is 41.3 Å². The fraction of sp³-hybridized carbons (Fsp3) is 0.200. The van der Waals surface area contributed by atoms with Crippen LogP contribution in [0.3, 0.4) is 0 Å². The number of fused-ring (bicyclic) bond motifs is 1. The van der Waals surface area contributed by atoms with E-state index < -0.39 is 0 Å². The summed E-state index contributed by atoms with van der Waals surface area (Å²) < 4.78 is 1.02. The van der Waals surface area contributed by atoms with Crippen molar-refractivity contribution in [1.29, 1.82) is 0 Å². The third-order valence-electron chi connectivity index (χ3n) is 5.18. The smallest absolute Gasteiger partial charge is 0.258 e. The quantitative estimate of drug-likeness (QED) is 0.338. The minimum atomic E-state index is -0.239. The number of rotatable bonds is 6. The molecule has 4 aromatic rings. The molecule has 0 aliphatic rings. The zero-order valence-electron chi connectivity index (χ0n) is 18.9. The average Bonchev–Trinajstić information content (AvgIpc) is 3.16. The lowest BCUT2D eigenvalue weighted by Crippen LogP contribution is -2.18. The second-order valence-electron chi connectivity index (χ2n) is 7.84. The molecule has 8 heteroatoms. The number of carbonyl (C=O) groups excluding carboxylic acids is 2. The molecule has 0 atom stereocenters. The summed E-state index contributed by atoms with van der Waals surface area (Å²) in [4.78, 5) is 34.7. The number of thioether (sulfide) groups is 1. The van der Waals surface area contributed by atoms with Gasteiger partial charge >= 0.3 is 0 Å². The fourth-order valence-corrected chi connectivity index (χ4v) is 5.24. The van der Waals surface area contributed by atoms with Gasteiger partial charge in [0, 0.05) is 11.4 Å². The Kier molecular flexibility index (Phi) is 6.76. The Bertz CT molecular complexity index is 1330. The number of pyridine rings is 1. The Labute approximate surface area is 200 Å². The number of para-hydroxylation sites is 1. The molecule has 0 saturated carbocycles. The maximum Gasteiger partial charge on any atom is 0.258 e. The average molecular weight is 477 g/mol. The predicted octanol–water partition coefficient (Wildman–Crippen LogP) is 5.91. The van der Waals surface area contributed by atoms with Crippen LogP contribution in [0.1, 0.15) is 32.7 Å². The van der Waals surface area contributed by atoms with Crippen LogP contribution in [0.15, 0.2) is 53.6 Å². The summed E-state index contributed by atoms with van der Waals surface area (Å²) >= 11 is 2.68. The van der Waals surface area contributed by atoms with E-state index in [0.717, 1.165) is 38.3 Å². The number of nitrogens with one attached hydrogen (secondary N) is 2. The third-order valence-corrected chi connectivity index (χ3v) is 7.11. The third kappa shape index (κ3) is 5.40. The molecule has 6 nitrogen and oxygen atoms in total. The van der Waals surface area contributed by atoms with Gasteiger partial charge in [0.15, 0.2) is 5.13 Å². The molecule has 0 bridgehead atoms. The standard InChI is InChI=1S/C25H24N4O2S2/c1-14-9-10-18(12-15(14)2)27-23(31)22-16(3)11-17(4)26-24(22)32-13-21(30)29-25-28-19-7-5-6-8-20(19)33-25/h5-12H,13H2,1-4H3,(H,27,31)(H,28,29,30). The predicted molar refractivity (Wildman–Crippen MR) is 137 cm³/mol. The highest BCUT2D eigenvalue weighted by molar-refractivity contribution is 8.00. The van der Waals surface area contributed by atoms with Gasteiger partial charge in [-0.3, -0.25) is 9.59 Å². The Hall–Kier alpha value is -3.23. The van der Waals surface area contributed by atoms with Crippen molar-refractivity contribution in [3.63, 3.8) is 0 Å². The van der Waals surface area contributed by atoms with Crippen molar-refractivity contribution in [2.24, 2.45) is 0 Å². The van der Waals surface area contributed by atoms with Crippen molar-refractivity contribution in [3.05, 3.63) is 76.5 Å². The summed E-state index contributed by atoms with van der Waals surface area (Å²) in [5, 5.41) is 6.91. The molecule has 0 radical (unpaired) electrons. The van der Waals surface area contributed by atoms with Gasteiger partial charge in [-0.15, -0.1) is 0 Å². The lowest BCUT2D eigenvalue weighted by atomic mass is 10.1. The molecule has 2 heterocycles. The summed E-state index contributed by atoms with van der Waals surface area (Å²) in [5.74, 6) is -0.312. The molecule has 2 aromatic heterocycles. The van der Waals surface area contributed by atoms with Crippen molar-refractivity contribution in [3.8, 4) is 0 Å². The minimum Gasteiger partial charge on any atom is -0.322 e. The number of anilines is 2. The van der Waals surface area contributed by atoms with E-state index in [-0.39, 0.29) is 17.6 Å². The minimum absolute atomic E-state index is 0.121. The topological polar surface area (TPSA) is 84.0 Å². The highest BCUT2D eigenvalue weighted by Crippen LogP contribution is 2.28. The van der Waals surface area contributed by atoms with Gasteiger partial charge in [-0.2, -0.15) is 0 Å². The van der Waals surface area contributed by atoms with Crippen LogP contribution in [-0.4, -0.2) is 27.5 Å². The molecule has 0 unspecified atom stereocenters. The highest BCUT2D eigenvalue weighted by atomic mass is 32.2. The van der Waals surface area contributed by atoms with Crippen LogP contribution in [0.25, 0.3) is 10.2 Å². The molecular formula is C25H24N4O2S2. The van der Waals surface area contributed by atoms with Crippen LogP contribution < -0.4 is 10.6 Å². The van der Waals surface area contributed by atoms with Crippen LogP contribution >= 0.6 is 23.1 Å². The molecule has 168 valence electrons. The van der Waals surface area contributed by atoms with Gasteiger partial charge in [-0.25, -0.2) is 9.97 Å². The number of aromatic nitrogens is 2. The van der Waals surface area contributed by atoms with Crippen LogP contribution in [0, 0.1) is 27.7 Å². The summed E-state index contributed by atoms with van der Waals surface area (Å²) in [7, 11) is 0. The van der Waals surface area contributed by atoms with Crippen LogP contribution in [-0.2, 0) is 4.79 Å². The number of hydrogen-bond acceptors (Lipinski definition) is 6. The maximum absolute atomic E-state index is 13.1. The zero-order chi connectivity index (χ0) is 23.5. The van der Waals surface area contributed by atoms with Crippen LogP contribution in [0.2, 0.25) is 0 Å². The Morgan fingerprint density at radius 2 is 1.70 bits per heavy atom. The number of amides is 2. The van der Waals surface area contributed by atoms with Crippen molar-refractivity contribution < 1.29 is 9.59 Å². The van der Waals surface area contributed by atoms with E-state index in [9.17, 15) is 9.59 Å². The Balaban J connectivity index is 1.49. The van der Waals surface area contributed by atoms with E-state index >= 15 is 0 Å². The van der Waals surface area contributed by atoms with Crippen LogP contribution in [0.5, 0.6) is 0 Å². The van der Waals surface area contributed by atoms with Crippen LogP contribution in [0.4, 0.5) is 10.8 Å². The monoisotopic (exact) mass is 476 g/mol. The van der Waals surface area contributed by atoms with Crippen molar-refractivity contribution in [2.45, 2.75) is 32.7 Å². The van der Waals surface area contributed by atoms with E-state index in [1.54, 1.807) is 0 Å². The number of aryl methyl sites for hydroxylation is 4. The summed E-state index contributed by atoms with van der Waals surface area (Å²) in [6.07, 6.45) is 0. The lowest BCUT2D eigenvalue weighted by molar-refractivity contribution is -0.113. The molecule has 0 aliphatic heterocycles. The molecule has 2 amide bonds. The second-order valence-corrected chi connectivity index (χ2v) is 9.83. The highest BCUT2D eigenvalue weighted by Gasteiger charge is 2.19. The largest absolute Gasteiger partial charge is 0.322 e. The first-order chi connectivity index (χ1) is 15.8. The summed E-state index contributed by atoms with van der Waals surface area (Å²) in [5.41, 5.74) is 5.95. The Morgan fingerprint density at radius 1 is 0.909 bits per heavy atom. The molecule has 0 fully saturated rings. The molecule has 2 aromatic carbocycles. The SMILES string of the molecule is Cc1cc(C)c(C(=O)Nc2ccc(C)c(C)c2)c(SCC(=O)Nc2nc3ccccc3s2)n1. The van der Waals surface area contributed by atoms with Crippen molar-refractivity contribution in [1.82, 2.24) is 9.97 Å². The Morgan fingerprint density at radius 3 is 2.45 bits per heavy atom. The van der Waals surface area contributed by atoms with Crippen molar-refractivity contribution >= 4 is 55.9 Å².